The summed E-state index contributed by atoms with van der Waals surface area (Å²) in [6, 6.07) is 0. The number of likely N-dealkylation sites (N-methyl/N-ethyl adjacent to an activating group) is 2. The van der Waals surface area contributed by atoms with Crippen molar-refractivity contribution in [1.82, 2.24) is 9.21 Å². The molecule has 0 rings (SSSR count). The molecule has 0 aromatic heterocycles. The van der Waals surface area contributed by atoms with Crippen LogP contribution in [0.3, 0.4) is 0 Å². The van der Waals surface area contributed by atoms with Gasteiger partial charge in [-0.3, -0.25) is 0 Å². The quantitative estimate of drug-likeness (QED) is 0.695. The normalized spacial score (nSPS) is 11.4. The van der Waals surface area contributed by atoms with Crippen LogP contribution in [0.25, 0.3) is 0 Å². The molecule has 0 spiro atoms. The SMILES string of the molecule is CC.CCN(C)CCN(C)S(C)(=O)=O. The second-order valence-corrected chi connectivity index (χ2v) is 5.07. The lowest BCUT2D eigenvalue weighted by Gasteiger charge is -2.18. The van der Waals surface area contributed by atoms with Crippen molar-refractivity contribution in [1.29, 1.82) is 0 Å². The summed E-state index contributed by atoms with van der Waals surface area (Å²) in [6.07, 6.45) is 1.22. The van der Waals surface area contributed by atoms with Crippen LogP contribution in [0.15, 0.2) is 0 Å². The van der Waals surface area contributed by atoms with Crippen LogP contribution in [0.5, 0.6) is 0 Å². The Labute approximate surface area is 88.9 Å². The van der Waals surface area contributed by atoms with Crippen molar-refractivity contribution in [2.45, 2.75) is 20.8 Å². The van der Waals surface area contributed by atoms with Gasteiger partial charge >= 0.3 is 0 Å². The molecular weight excluding hydrogens is 200 g/mol. The first-order valence-electron chi connectivity index (χ1n) is 4.97. The van der Waals surface area contributed by atoms with Gasteiger partial charge in [-0.1, -0.05) is 20.8 Å². The van der Waals surface area contributed by atoms with Gasteiger partial charge in [0.15, 0.2) is 0 Å². The highest BCUT2D eigenvalue weighted by Gasteiger charge is 2.10. The van der Waals surface area contributed by atoms with Gasteiger partial charge in [-0.25, -0.2) is 12.7 Å². The fourth-order valence-corrected chi connectivity index (χ4v) is 1.05. The van der Waals surface area contributed by atoms with E-state index >= 15 is 0 Å². The van der Waals surface area contributed by atoms with E-state index in [1.54, 1.807) is 7.05 Å². The summed E-state index contributed by atoms with van der Waals surface area (Å²) >= 11 is 0. The number of nitrogens with zero attached hydrogens (tertiary/aromatic N) is 2. The average molecular weight is 224 g/mol. The fourth-order valence-electron chi connectivity index (χ4n) is 0.635. The molecule has 0 bridgehead atoms. The second kappa shape index (κ2) is 8.20. The Kier molecular flexibility index (Phi) is 9.55. The van der Waals surface area contributed by atoms with Crippen LogP contribution in [0.4, 0.5) is 0 Å². The van der Waals surface area contributed by atoms with Crippen LogP contribution in [0.2, 0.25) is 0 Å². The lowest BCUT2D eigenvalue weighted by molar-refractivity contribution is 0.321. The average Bonchev–Trinajstić information content (AvgIpc) is 2.15. The van der Waals surface area contributed by atoms with E-state index in [9.17, 15) is 8.42 Å². The third-order valence-corrected chi connectivity index (χ3v) is 3.22. The molecule has 0 aromatic carbocycles. The first kappa shape index (κ1) is 16.3. The van der Waals surface area contributed by atoms with Crippen molar-refractivity contribution >= 4 is 10.0 Å². The third-order valence-electron chi connectivity index (χ3n) is 1.90. The smallest absolute Gasteiger partial charge is 0.210 e. The molecule has 0 aliphatic carbocycles. The highest BCUT2D eigenvalue weighted by molar-refractivity contribution is 7.88. The van der Waals surface area contributed by atoms with E-state index in [4.69, 9.17) is 0 Å². The van der Waals surface area contributed by atoms with Crippen LogP contribution in [0.1, 0.15) is 20.8 Å². The van der Waals surface area contributed by atoms with E-state index in [2.05, 4.69) is 4.90 Å². The maximum Gasteiger partial charge on any atom is 0.210 e. The van der Waals surface area contributed by atoms with Crippen LogP contribution in [-0.2, 0) is 10.0 Å². The predicted octanol–water partition coefficient (Wildman–Crippen LogP) is 0.856. The van der Waals surface area contributed by atoms with Gasteiger partial charge in [-0.15, -0.1) is 0 Å². The van der Waals surface area contributed by atoms with Crippen molar-refractivity contribution in [2.75, 3.05) is 40.0 Å². The van der Waals surface area contributed by atoms with Crippen molar-refractivity contribution in [3.63, 3.8) is 0 Å². The van der Waals surface area contributed by atoms with Crippen molar-refractivity contribution < 1.29 is 8.42 Å². The van der Waals surface area contributed by atoms with E-state index in [-0.39, 0.29) is 0 Å². The maximum absolute atomic E-state index is 10.9. The molecule has 14 heavy (non-hydrogen) atoms. The van der Waals surface area contributed by atoms with Crippen LogP contribution < -0.4 is 0 Å². The molecule has 0 atom stereocenters. The van der Waals surface area contributed by atoms with Gasteiger partial charge in [0.05, 0.1) is 6.26 Å². The molecule has 0 unspecified atom stereocenters. The van der Waals surface area contributed by atoms with Gasteiger partial charge in [0.1, 0.15) is 0 Å². The van der Waals surface area contributed by atoms with Crippen LogP contribution >= 0.6 is 0 Å². The van der Waals surface area contributed by atoms with Crippen LogP contribution in [-0.4, -0.2) is 57.6 Å². The Morgan fingerprint density at radius 3 is 1.79 bits per heavy atom. The summed E-state index contributed by atoms with van der Waals surface area (Å²) < 4.78 is 23.2. The minimum atomic E-state index is -3.00. The molecule has 0 amide bonds. The van der Waals surface area contributed by atoms with E-state index in [0.29, 0.717) is 6.54 Å². The first-order chi connectivity index (χ1) is 6.38. The molecule has 0 aliphatic heterocycles. The van der Waals surface area contributed by atoms with Crippen molar-refractivity contribution in [3.8, 4) is 0 Å². The Hall–Kier alpha value is -0.130. The summed E-state index contributed by atoms with van der Waals surface area (Å²) in [7, 11) is 0.564. The van der Waals surface area contributed by atoms with Crippen molar-refractivity contribution in [2.24, 2.45) is 0 Å². The molecule has 0 radical (unpaired) electrons. The molecule has 0 heterocycles. The van der Waals surface area contributed by atoms with E-state index in [0.717, 1.165) is 13.1 Å². The maximum atomic E-state index is 10.9. The Morgan fingerprint density at radius 2 is 1.50 bits per heavy atom. The molecule has 88 valence electrons. The predicted molar refractivity (Wildman–Crippen MR) is 62.0 cm³/mol. The minimum absolute atomic E-state index is 0.559. The van der Waals surface area contributed by atoms with Gasteiger partial charge in [-0.2, -0.15) is 0 Å². The summed E-state index contributed by atoms with van der Waals surface area (Å²) in [5.41, 5.74) is 0. The lowest BCUT2D eigenvalue weighted by Crippen LogP contribution is -2.33. The first-order valence-corrected chi connectivity index (χ1v) is 6.82. The molecule has 0 aromatic rings. The van der Waals surface area contributed by atoms with Gasteiger partial charge < -0.3 is 4.90 Å². The Morgan fingerprint density at radius 1 is 1.07 bits per heavy atom. The largest absolute Gasteiger partial charge is 0.305 e. The molecule has 5 heteroatoms. The van der Waals surface area contributed by atoms with Gasteiger partial charge in [0, 0.05) is 20.1 Å². The van der Waals surface area contributed by atoms with Gasteiger partial charge in [-0.05, 0) is 13.6 Å². The topological polar surface area (TPSA) is 40.6 Å². The molecule has 0 aliphatic rings. The number of hydrogen-bond donors (Lipinski definition) is 0. The fraction of sp³-hybridized carbons (Fsp3) is 1.00. The third kappa shape index (κ3) is 8.47. The zero-order chi connectivity index (χ0) is 11.8. The minimum Gasteiger partial charge on any atom is -0.305 e. The number of hydrogen-bond acceptors (Lipinski definition) is 3. The zero-order valence-electron chi connectivity index (χ0n) is 10.2. The summed E-state index contributed by atoms with van der Waals surface area (Å²) in [5.74, 6) is 0. The molecular formula is C9H24N2O2S. The number of sulfonamides is 1. The summed E-state index contributed by atoms with van der Waals surface area (Å²) in [6.45, 7) is 8.32. The monoisotopic (exact) mass is 224 g/mol. The summed E-state index contributed by atoms with van der Waals surface area (Å²) in [4.78, 5) is 2.07. The lowest BCUT2D eigenvalue weighted by atomic mass is 10.5. The Bertz CT molecular complexity index is 215. The molecule has 0 N–H and O–H groups in total. The van der Waals surface area contributed by atoms with E-state index in [1.165, 1.54) is 10.6 Å². The van der Waals surface area contributed by atoms with Gasteiger partial charge in [0.25, 0.3) is 0 Å². The molecule has 0 fully saturated rings. The van der Waals surface area contributed by atoms with E-state index < -0.39 is 10.0 Å². The molecule has 0 saturated heterocycles. The standard InChI is InChI=1S/C7H18N2O2S.C2H6/c1-5-8(2)6-7-9(3)12(4,10)11;1-2/h5-7H2,1-4H3;1-2H3. The highest BCUT2D eigenvalue weighted by Crippen LogP contribution is 1.92. The van der Waals surface area contributed by atoms with Gasteiger partial charge in [0.2, 0.25) is 10.0 Å². The molecule has 4 nitrogen and oxygen atoms in total. The second-order valence-electron chi connectivity index (χ2n) is 2.98. The Balaban J connectivity index is 0. The zero-order valence-corrected chi connectivity index (χ0v) is 11.1. The molecule has 0 saturated carbocycles. The highest BCUT2D eigenvalue weighted by atomic mass is 32.2. The van der Waals surface area contributed by atoms with E-state index in [1.807, 2.05) is 27.8 Å². The van der Waals surface area contributed by atoms with Crippen molar-refractivity contribution in [3.05, 3.63) is 0 Å². The number of rotatable bonds is 5. The summed E-state index contributed by atoms with van der Waals surface area (Å²) in [5, 5.41) is 0. The van der Waals surface area contributed by atoms with Crippen LogP contribution in [0, 0.1) is 0 Å².